The molecule has 0 aliphatic heterocycles. The second-order valence-corrected chi connectivity index (χ2v) is 6.25. The summed E-state index contributed by atoms with van der Waals surface area (Å²) >= 11 is 1.96. The molecule has 1 aromatic carbocycles. The number of methoxy groups -OCH3 is 2. The highest BCUT2D eigenvalue weighted by atomic mass is 32.2. The molecule has 0 fully saturated rings. The van der Waals surface area contributed by atoms with Crippen LogP contribution >= 0.6 is 11.8 Å². The Morgan fingerprint density at radius 3 is 2.11 bits per heavy atom. The fourth-order valence-corrected chi connectivity index (χ4v) is 2.73. The molecule has 0 aromatic heterocycles. The highest BCUT2D eigenvalue weighted by Crippen LogP contribution is 2.29. The van der Waals surface area contributed by atoms with Crippen LogP contribution in [0.3, 0.4) is 0 Å². The molecule has 1 N–H and O–H groups in total. The van der Waals surface area contributed by atoms with Gasteiger partial charge in [0.1, 0.15) is 11.5 Å². The Labute approximate surface area is 121 Å². The van der Waals surface area contributed by atoms with Gasteiger partial charge in [0.2, 0.25) is 0 Å². The van der Waals surface area contributed by atoms with Crippen molar-refractivity contribution in [2.24, 2.45) is 0 Å². The maximum atomic E-state index is 5.34. The molecule has 1 unspecified atom stereocenters. The van der Waals surface area contributed by atoms with Crippen molar-refractivity contribution in [2.75, 3.05) is 26.5 Å². The lowest BCUT2D eigenvalue weighted by Gasteiger charge is -2.20. The van der Waals surface area contributed by atoms with Gasteiger partial charge in [-0.25, -0.2) is 0 Å². The van der Waals surface area contributed by atoms with Gasteiger partial charge in [0, 0.05) is 17.9 Å². The van der Waals surface area contributed by atoms with E-state index in [2.05, 4.69) is 38.2 Å². The molecule has 1 atom stereocenters. The van der Waals surface area contributed by atoms with Crippen molar-refractivity contribution < 1.29 is 9.47 Å². The molecule has 0 amide bonds. The van der Waals surface area contributed by atoms with Crippen LogP contribution in [-0.4, -0.2) is 31.8 Å². The first-order valence-electron chi connectivity index (χ1n) is 6.68. The van der Waals surface area contributed by atoms with Gasteiger partial charge in [-0.1, -0.05) is 20.8 Å². The van der Waals surface area contributed by atoms with E-state index < -0.39 is 0 Å². The number of hydrogen-bond acceptors (Lipinski definition) is 4. The molecule has 19 heavy (non-hydrogen) atoms. The van der Waals surface area contributed by atoms with Crippen molar-refractivity contribution in [2.45, 2.75) is 32.1 Å². The predicted molar refractivity (Wildman–Crippen MR) is 83.6 cm³/mol. The van der Waals surface area contributed by atoms with E-state index in [9.17, 15) is 0 Å². The number of nitrogens with one attached hydrogen (secondary N) is 1. The number of thioether (sulfide) groups is 1. The summed E-state index contributed by atoms with van der Waals surface area (Å²) < 4.78 is 10.7. The van der Waals surface area contributed by atoms with Crippen LogP contribution in [0.1, 0.15) is 32.4 Å². The van der Waals surface area contributed by atoms with Crippen LogP contribution in [0.5, 0.6) is 11.5 Å². The molecule has 0 bridgehead atoms. The van der Waals surface area contributed by atoms with Crippen molar-refractivity contribution in [1.29, 1.82) is 0 Å². The highest BCUT2D eigenvalue weighted by Gasteiger charge is 2.14. The number of ether oxygens (including phenoxy) is 2. The van der Waals surface area contributed by atoms with Gasteiger partial charge in [-0.15, -0.1) is 0 Å². The zero-order chi connectivity index (χ0) is 14.3. The third kappa shape index (κ3) is 5.33. The second kappa shape index (κ2) is 8.33. The van der Waals surface area contributed by atoms with Crippen LogP contribution in [0.4, 0.5) is 0 Å². The fraction of sp³-hybridized carbons (Fsp3) is 0.600. The zero-order valence-corrected chi connectivity index (χ0v) is 13.3. The number of benzene rings is 1. The minimum Gasteiger partial charge on any atom is -0.497 e. The van der Waals surface area contributed by atoms with Gasteiger partial charge in [0.05, 0.1) is 14.2 Å². The summed E-state index contributed by atoms with van der Waals surface area (Å²) in [6.45, 7) is 7.52. The van der Waals surface area contributed by atoms with Crippen molar-refractivity contribution in [3.63, 3.8) is 0 Å². The number of hydrogen-bond donors (Lipinski definition) is 1. The third-order valence-corrected chi connectivity index (χ3v) is 4.02. The van der Waals surface area contributed by atoms with Crippen LogP contribution in [0.2, 0.25) is 0 Å². The van der Waals surface area contributed by atoms with E-state index in [0.29, 0.717) is 11.3 Å². The maximum Gasteiger partial charge on any atom is 0.122 e. The van der Waals surface area contributed by atoms with E-state index in [1.54, 1.807) is 14.2 Å². The molecule has 0 radical (unpaired) electrons. The Kier molecular flexibility index (Phi) is 7.10. The molecule has 0 spiro atoms. The summed E-state index contributed by atoms with van der Waals surface area (Å²) in [7, 11) is 3.37. The van der Waals surface area contributed by atoms with E-state index in [-0.39, 0.29) is 0 Å². The first-order valence-corrected chi connectivity index (χ1v) is 7.73. The molecule has 0 heterocycles. The Morgan fingerprint density at radius 1 is 1.11 bits per heavy atom. The molecule has 0 saturated heterocycles. The van der Waals surface area contributed by atoms with Crippen molar-refractivity contribution in [1.82, 2.24) is 5.32 Å². The fourth-order valence-electron chi connectivity index (χ4n) is 1.84. The Balaban J connectivity index is 2.92. The molecule has 1 rings (SSSR count). The summed E-state index contributed by atoms with van der Waals surface area (Å²) in [6, 6.07) is 6.39. The zero-order valence-electron chi connectivity index (χ0n) is 12.5. The topological polar surface area (TPSA) is 30.5 Å². The van der Waals surface area contributed by atoms with Gasteiger partial charge >= 0.3 is 0 Å². The monoisotopic (exact) mass is 283 g/mol. The number of rotatable bonds is 8. The molecule has 0 aliphatic carbocycles. The average molecular weight is 283 g/mol. The van der Waals surface area contributed by atoms with Crippen molar-refractivity contribution in [3.8, 4) is 11.5 Å². The highest BCUT2D eigenvalue weighted by molar-refractivity contribution is 7.99. The van der Waals surface area contributed by atoms with Crippen molar-refractivity contribution in [3.05, 3.63) is 23.8 Å². The summed E-state index contributed by atoms with van der Waals surface area (Å²) in [4.78, 5) is 0. The van der Waals surface area contributed by atoms with Crippen LogP contribution in [0.15, 0.2) is 18.2 Å². The summed E-state index contributed by atoms with van der Waals surface area (Å²) in [5.41, 5.74) is 1.21. The molecule has 0 aliphatic rings. The van der Waals surface area contributed by atoms with Gasteiger partial charge in [0.25, 0.3) is 0 Å². The molecule has 3 nitrogen and oxygen atoms in total. The molecule has 1 aromatic rings. The lowest BCUT2D eigenvalue weighted by atomic mass is 10.1. The van der Waals surface area contributed by atoms with E-state index >= 15 is 0 Å². The van der Waals surface area contributed by atoms with Crippen LogP contribution in [0, 0.1) is 0 Å². The smallest absolute Gasteiger partial charge is 0.122 e. The predicted octanol–water partition coefficient (Wildman–Crippen LogP) is 3.50. The summed E-state index contributed by atoms with van der Waals surface area (Å²) in [6.07, 6.45) is 0. The maximum absolute atomic E-state index is 5.34. The van der Waals surface area contributed by atoms with Gasteiger partial charge in [-0.3, -0.25) is 0 Å². The lowest BCUT2D eigenvalue weighted by molar-refractivity contribution is 0.392. The van der Waals surface area contributed by atoms with Crippen molar-refractivity contribution >= 4 is 11.8 Å². The van der Waals surface area contributed by atoms with E-state index in [1.807, 2.05) is 17.8 Å². The minimum atomic E-state index is 0.321. The van der Waals surface area contributed by atoms with E-state index in [0.717, 1.165) is 23.8 Å². The second-order valence-electron chi connectivity index (χ2n) is 4.64. The molecular weight excluding hydrogens is 258 g/mol. The minimum absolute atomic E-state index is 0.321. The SMILES string of the molecule is CCNC(CSC(C)C)c1cc(OC)cc(OC)c1. The average Bonchev–Trinajstić information content (AvgIpc) is 2.42. The van der Waals surface area contributed by atoms with Gasteiger partial charge in [-0.05, 0) is 29.5 Å². The Bertz CT molecular complexity index is 360. The molecule has 108 valence electrons. The van der Waals surface area contributed by atoms with Gasteiger partial charge < -0.3 is 14.8 Å². The van der Waals surface area contributed by atoms with Crippen LogP contribution in [0.25, 0.3) is 0 Å². The Hall–Kier alpha value is -0.870. The normalized spacial score (nSPS) is 12.5. The lowest BCUT2D eigenvalue weighted by Crippen LogP contribution is -2.23. The third-order valence-electron chi connectivity index (χ3n) is 2.82. The Morgan fingerprint density at radius 2 is 1.68 bits per heavy atom. The quantitative estimate of drug-likeness (QED) is 0.791. The largest absolute Gasteiger partial charge is 0.497 e. The van der Waals surface area contributed by atoms with E-state index in [1.165, 1.54) is 5.56 Å². The standard InChI is InChI=1S/C15H25NO2S/c1-6-16-15(10-19-11(2)3)12-7-13(17-4)9-14(8-12)18-5/h7-9,11,15-16H,6,10H2,1-5H3. The van der Waals surface area contributed by atoms with Gasteiger partial charge in [0.15, 0.2) is 0 Å². The van der Waals surface area contributed by atoms with E-state index in [4.69, 9.17) is 9.47 Å². The molecule has 0 saturated carbocycles. The van der Waals surface area contributed by atoms with Crippen LogP contribution in [-0.2, 0) is 0 Å². The first-order chi connectivity index (χ1) is 9.10. The van der Waals surface area contributed by atoms with Crippen LogP contribution < -0.4 is 14.8 Å². The van der Waals surface area contributed by atoms with Gasteiger partial charge in [-0.2, -0.15) is 11.8 Å². The first kappa shape index (κ1) is 16.2. The summed E-state index contributed by atoms with van der Waals surface area (Å²) in [5, 5.41) is 4.16. The molecular formula is C15H25NO2S. The molecule has 4 heteroatoms. The summed E-state index contributed by atoms with van der Waals surface area (Å²) in [5.74, 6) is 2.72.